The predicted molar refractivity (Wildman–Crippen MR) is 97.5 cm³/mol. The monoisotopic (exact) mass is 378 g/mol. The van der Waals surface area contributed by atoms with Gasteiger partial charge in [-0.15, -0.1) is 0 Å². The van der Waals surface area contributed by atoms with E-state index in [1.807, 2.05) is 0 Å². The number of aliphatic imine (C=N–C) groups is 1. The van der Waals surface area contributed by atoms with Crippen LogP contribution in [0.2, 0.25) is 0 Å². The third-order valence-electron chi connectivity index (χ3n) is 3.58. The Balaban J connectivity index is 2.01. The zero-order valence-corrected chi connectivity index (χ0v) is 15.0. The van der Waals surface area contributed by atoms with Gasteiger partial charge in [-0.05, 0) is 23.8 Å². The maximum absolute atomic E-state index is 12.2. The van der Waals surface area contributed by atoms with Gasteiger partial charge in [0.2, 0.25) is 20.2 Å². The minimum atomic E-state index is -3.65. The first-order chi connectivity index (χ1) is 11.9. The van der Waals surface area contributed by atoms with E-state index in [4.69, 9.17) is 10.1 Å². The number of methoxy groups -OCH3 is 1. The summed E-state index contributed by atoms with van der Waals surface area (Å²) in [6.45, 7) is 1.49. The largest absolute Gasteiger partial charge is 0.497 e. The Hall–Kier alpha value is -2.46. The standard InChI is InChI=1S/C15H14N4O4S2/c1-3-25(21,22)15-18-24-14-17-13(20)11(12(16)19(14)15)8-9-4-6-10(23-2)7-5-9/h4-8,16H,3H2,1-2H3/b11-8-,16-12?. The van der Waals surface area contributed by atoms with Gasteiger partial charge in [0.15, 0.2) is 0 Å². The molecule has 0 aliphatic carbocycles. The van der Waals surface area contributed by atoms with Crippen molar-refractivity contribution < 1.29 is 17.9 Å². The molecule has 1 amide bonds. The molecule has 8 nitrogen and oxygen atoms in total. The van der Waals surface area contributed by atoms with Crippen LogP contribution in [0.5, 0.6) is 5.75 Å². The predicted octanol–water partition coefficient (Wildman–Crippen LogP) is 1.71. The second-order valence-corrected chi connectivity index (χ2v) is 7.99. The molecule has 0 bridgehead atoms. The first kappa shape index (κ1) is 17.4. The summed E-state index contributed by atoms with van der Waals surface area (Å²) in [5.74, 6) is -0.363. The molecular weight excluding hydrogens is 364 g/mol. The Labute approximate surface area is 148 Å². The summed E-state index contributed by atoms with van der Waals surface area (Å²) in [4.78, 5) is 17.2. The van der Waals surface area contributed by atoms with Crippen LogP contribution >= 0.6 is 11.9 Å². The molecule has 0 aromatic heterocycles. The highest BCUT2D eigenvalue weighted by Crippen LogP contribution is 2.30. The van der Waals surface area contributed by atoms with Crippen molar-refractivity contribution in [2.75, 3.05) is 12.9 Å². The van der Waals surface area contributed by atoms with Crippen LogP contribution in [-0.2, 0) is 14.6 Å². The van der Waals surface area contributed by atoms with Crippen LogP contribution < -0.4 is 4.74 Å². The number of amidine groups is 3. The van der Waals surface area contributed by atoms with Crippen molar-refractivity contribution in [2.45, 2.75) is 6.92 Å². The summed E-state index contributed by atoms with van der Waals surface area (Å²) < 4.78 is 33.3. The Morgan fingerprint density at radius 1 is 1.32 bits per heavy atom. The molecule has 2 aliphatic rings. The topological polar surface area (TPSA) is 112 Å². The number of nitrogens with zero attached hydrogens (tertiary/aromatic N) is 3. The molecule has 1 aromatic rings. The van der Waals surface area contributed by atoms with Gasteiger partial charge in [0, 0.05) is 0 Å². The zero-order valence-electron chi connectivity index (χ0n) is 13.4. The second kappa shape index (κ2) is 6.45. The number of amides is 1. The molecule has 25 heavy (non-hydrogen) atoms. The van der Waals surface area contributed by atoms with Crippen LogP contribution in [0.1, 0.15) is 12.5 Å². The van der Waals surface area contributed by atoms with E-state index in [-0.39, 0.29) is 27.5 Å². The van der Waals surface area contributed by atoms with Crippen molar-refractivity contribution >= 4 is 49.9 Å². The SMILES string of the molecule is CCS(=O)(=O)C1=NSC2=NC(=O)/C(=C\c3ccc(OC)cc3)C(=N)N21. The Kier molecular flexibility index (Phi) is 4.48. The van der Waals surface area contributed by atoms with E-state index in [1.54, 1.807) is 31.4 Å². The third kappa shape index (κ3) is 3.10. The number of nitrogens with one attached hydrogen (secondary N) is 1. The first-order valence-corrected chi connectivity index (χ1v) is 9.65. The lowest BCUT2D eigenvalue weighted by Crippen LogP contribution is -2.45. The maximum Gasteiger partial charge on any atom is 0.283 e. The lowest BCUT2D eigenvalue weighted by molar-refractivity contribution is -0.114. The number of hydrogen-bond donors (Lipinski definition) is 1. The van der Waals surface area contributed by atoms with Gasteiger partial charge in [0.25, 0.3) is 5.91 Å². The van der Waals surface area contributed by atoms with Gasteiger partial charge < -0.3 is 4.74 Å². The molecule has 130 valence electrons. The molecule has 3 rings (SSSR count). The van der Waals surface area contributed by atoms with Gasteiger partial charge in [0.05, 0.1) is 30.4 Å². The van der Waals surface area contributed by atoms with Crippen LogP contribution in [-0.4, -0.2) is 48.3 Å². The number of ether oxygens (including phenoxy) is 1. The van der Waals surface area contributed by atoms with Crippen molar-refractivity contribution in [3.63, 3.8) is 0 Å². The Morgan fingerprint density at radius 2 is 2.00 bits per heavy atom. The summed E-state index contributed by atoms with van der Waals surface area (Å²) in [6, 6.07) is 6.89. The molecule has 0 saturated carbocycles. The third-order valence-corrected chi connectivity index (χ3v) is 5.99. The first-order valence-electron chi connectivity index (χ1n) is 7.23. The van der Waals surface area contributed by atoms with Crippen LogP contribution in [0.3, 0.4) is 0 Å². The Bertz CT molecular complexity index is 946. The molecule has 2 heterocycles. The number of fused-ring (bicyclic) bond motifs is 1. The van der Waals surface area contributed by atoms with Crippen molar-refractivity contribution in [3.05, 3.63) is 35.4 Å². The molecule has 0 saturated heterocycles. The van der Waals surface area contributed by atoms with Crippen LogP contribution in [0.25, 0.3) is 6.08 Å². The maximum atomic E-state index is 12.2. The van der Waals surface area contributed by atoms with Gasteiger partial charge >= 0.3 is 0 Å². The second-order valence-electron chi connectivity index (χ2n) is 5.08. The smallest absolute Gasteiger partial charge is 0.283 e. The average Bonchev–Trinajstić information content (AvgIpc) is 3.04. The van der Waals surface area contributed by atoms with E-state index >= 15 is 0 Å². The van der Waals surface area contributed by atoms with Gasteiger partial charge in [0.1, 0.15) is 11.6 Å². The van der Waals surface area contributed by atoms with Crippen LogP contribution in [0.15, 0.2) is 39.2 Å². The molecule has 1 aromatic carbocycles. The number of rotatable bonds is 3. The lowest BCUT2D eigenvalue weighted by Gasteiger charge is -2.24. The van der Waals surface area contributed by atoms with Crippen LogP contribution in [0.4, 0.5) is 0 Å². The fourth-order valence-corrected chi connectivity index (χ4v) is 4.16. The molecule has 0 fully saturated rings. The highest BCUT2D eigenvalue weighted by atomic mass is 32.2. The van der Waals surface area contributed by atoms with Gasteiger partial charge in [-0.3, -0.25) is 10.2 Å². The quantitative estimate of drug-likeness (QED) is 0.633. The van der Waals surface area contributed by atoms with Crippen molar-refractivity contribution in [3.8, 4) is 5.75 Å². The number of hydrogen-bond acceptors (Lipinski definition) is 7. The van der Waals surface area contributed by atoms with Crippen molar-refractivity contribution in [1.82, 2.24) is 4.90 Å². The zero-order chi connectivity index (χ0) is 18.2. The molecule has 0 radical (unpaired) electrons. The highest BCUT2D eigenvalue weighted by molar-refractivity contribution is 8.16. The molecule has 10 heteroatoms. The average molecular weight is 378 g/mol. The fourth-order valence-electron chi connectivity index (χ4n) is 2.20. The van der Waals surface area contributed by atoms with Gasteiger partial charge in [-0.1, -0.05) is 19.1 Å². The summed E-state index contributed by atoms with van der Waals surface area (Å²) in [5, 5.41) is 8.10. The van der Waals surface area contributed by atoms with E-state index in [1.165, 1.54) is 13.0 Å². The Morgan fingerprint density at radius 3 is 2.60 bits per heavy atom. The fraction of sp³-hybridized carbons (Fsp3) is 0.200. The summed E-state index contributed by atoms with van der Waals surface area (Å²) in [5.41, 5.74) is 0.659. The molecule has 0 spiro atoms. The lowest BCUT2D eigenvalue weighted by atomic mass is 10.1. The number of benzene rings is 1. The molecular formula is C15H14N4O4S2. The number of carbonyl (C=O) groups is 1. The van der Waals surface area contributed by atoms with Crippen molar-refractivity contribution in [2.24, 2.45) is 9.39 Å². The van der Waals surface area contributed by atoms with E-state index in [9.17, 15) is 13.2 Å². The summed E-state index contributed by atoms with van der Waals surface area (Å²) >= 11 is 0.777. The molecule has 2 aliphatic heterocycles. The van der Waals surface area contributed by atoms with Crippen LogP contribution in [0, 0.1) is 5.41 Å². The molecule has 1 N–H and O–H groups in total. The number of sulfone groups is 1. The minimum absolute atomic E-state index is 0.00424. The van der Waals surface area contributed by atoms with E-state index in [0.717, 1.165) is 16.8 Å². The van der Waals surface area contributed by atoms with E-state index < -0.39 is 15.7 Å². The molecule has 0 unspecified atom stereocenters. The summed E-state index contributed by atoms with van der Waals surface area (Å²) in [6.07, 6.45) is 1.49. The summed E-state index contributed by atoms with van der Waals surface area (Å²) in [7, 11) is -2.10. The van der Waals surface area contributed by atoms with E-state index in [2.05, 4.69) is 9.39 Å². The number of carbonyl (C=O) groups excluding carboxylic acids is 1. The van der Waals surface area contributed by atoms with Gasteiger partial charge in [-0.2, -0.15) is 9.39 Å². The molecule has 0 atom stereocenters. The van der Waals surface area contributed by atoms with E-state index in [0.29, 0.717) is 11.3 Å². The minimum Gasteiger partial charge on any atom is -0.497 e. The normalized spacial score (nSPS) is 19.0. The highest BCUT2D eigenvalue weighted by Gasteiger charge is 2.41. The van der Waals surface area contributed by atoms with Crippen molar-refractivity contribution in [1.29, 1.82) is 5.41 Å². The van der Waals surface area contributed by atoms with Gasteiger partial charge in [-0.25, -0.2) is 13.3 Å².